The van der Waals surface area contributed by atoms with Crippen LogP contribution in [-0.2, 0) is 4.79 Å². The molecule has 1 N–H and O–H groups in total. The molecule has 0 bridgehead atoms. The van der Waals surface area contributed by atoms with Gasteiger partial charge in [-0.2, -0.15) is 0 Å². The molecular formula is C20H13NO3S2. The number of carbonyl (C=O) groups is 1. The summed E-state index contributed by atoms with van der Waals surface area (Å²) in [7, 11) is 0. The number of carbonyl (C=O) groups excluding carboxylic acids is 1. The minimum absolute atomic E-state index is 0.138. The van der Waals surface area contributed by atoms with E-state index in [4.69, 9.17) is 16.6 Å². The highest BCUT2D eigenvalue weighted by Crippen LogP contribution is 2.37. The van der Waals surface area contributed by atoms with Crippen molar-refractivity contribution in [2.75, 3.05) is 4.90 Å². The molecule has 3 aromatic rings. The van der Waals surface area contributed by atoms with E-state index in [1.165, 1.54) is 28.8 Å². The second-order valence-electron chi connectivity index (χ2n) is 5.60. The zero-order valence-electron chi connectivity index (χ0n) is 13.5. The smallest absolute Gasteiger partial charge is 0.270 e. The van der Waals surface area contributed by atoms with Gasteiger partial charge in [-0.3, -0.25) is 9.69 Å². The van der Waals surface area contributed by atoms with Crippen molar-refractivity contribution in [3.8, 4) is 17.1 Å². The van der Waals surface area contributed by atoms with Crippen LogP contribution in [0.3, 0.4) is 0 Å². The number of anilines is 1. The van der Waals surface area contributed by atoms with Gasteiger partial charge in [0.2, 0.25) is 0 Å². The first kappa shape index (κ1) is 16.6. The molecule has 0 radical (unpaired) electrons. The Bertz CT molecular complexity index is 1010. The lowest BCUT2D eigenvalue weighted by Gasteiger charge is -2.14. The van der Waals surface area contributed by atoms with Crippen LogP contribution < -0.4 is 4.90 Å². The number of amides is 1. The highest BCUT2D eigenvalue weighted by Gasteiger charge is 2.33. The molecule has 128 valence electrons. The average molecular weight is 379 g/mol. The van der Waals surface area contributed by atoms with Gasteiger partial charge in [0.05, 0.1) is 10.6 Å². The minimum Gasteiger partial charge on any atom is -0.508 e. The number of benzene rings is 2. The number of hydrogen-bond donors (Lipinski definition) is 1. The number of nitrogens with zero attached hydrogens (tertiary/aromatic N) is 1. The Hall–Kier alpha value is -2.83. The molecule has 26 heavy (non-hydrogen) atoms. The lowest BCUT2D eigenvalue weighted by atomic mass is 10.2. The van der Waals surface area contributed by atoms with E-state index in [1.807, 2.05) is 42.5 Å². The van der Waals surface area contributed by atoms with Crippen molar-refractivity contribution in [2.45, 2.75) is 0 Å². The predicted octanol–water partition coefficient (Wildman–Crippen LogP) is 5.06. The molecule has 6 heteroatoms. The molecule has 0 aliphatic carbocycles. The molecule has 0 spiro atoms. The first-order chi connectivity index (χ1) is 12.6. The van der Waals surface area contributed by atoms with E-state index >= 15 is 0 Å². The third-order valence-electron chi connectivity index (χ3n) is 3.86. The summed E-state index contributed by atoms with van der Waals surface area (Å²) in [6.07, 6.45) is 1.70. The van der Waals surface area contributed by atoms with Crippen molar-refractivity contribution in [2.24, 2.45) is 0 Å². The Morgan fingerprint density at radius 1 is 1.00 bits per heavy atom. The number of thiocarbonyl (C=S) groups is 1. The summed E-state index contributed by atoms with van der Waals surface area (Å²) in [5, 5.41) is 9.41. The minimum atomic E-state index is -0.205. The van der Waals surface area contributed by atoms with Crippen LogP contribution in [-0.4, -0.2) is 15.3 Å². The monoisotopic (exact) mass is 379 g/mol. The lowest BCUT2D eigenvalue weighted by Crippen LogP contribution is -2.27. The number of rotatable bonds is 3. The van der Waals surface area contributed by atoms with Gasteiger partial charge in [-0.15, -0.1) is 0 Å². The summed E-state index contributed by atoms with van der Waals surface area (Å²) in [5.41, 5.74) is 1.60. The third kappa shape index (κ3) is 3.16. The molecule has 0 unspecified atom stereocenters. The summed E-state index contributed by atoms with van der Waals surface area (Å²) in [4.78, 5) is 14.7. The number of aromatic hydroxyl groups is 1. The summed E-state index contributed by atoms with van der Waals surface area (Å²) < 4.78 is 6.28. The highest BCUT2D eigenvalue weighted by atomic mass is 32.2. The summed E-state index contributed by atoms with van der Waals surface area (Å²) >= 11 is 6.57. The largest absolute Gasteiger partial charge is 0.508 e. The van der Waals surface area contributed by atoms with Crippen LogP contribution in [0.4, 0.5) is 5.69 Å². The number of thioether (sulfide) groups is 1. The molecule has 4 rings (SSSR count). The standard InChI is InChI=1S/C20H13NO3S2/c22-15-8-6-14(7-9-15)21-19(23)18(26-20(21)25)12-16-10-11-17(24-16)13-4-2-1-3-5-13/h1-12,22H. The maximum absolute atomic E-state index is 12.7. The molecule has 1 saturated heterocycles. The number of phenols is 1. The Morgan fingerprint density at radius 3 is 2.46 bits per heavy atom. The van der Waals surface area contributed by atoms with Gasteiger partial charge >= 0.3 is 0 Å². The summed E-state index contributed by atoms with van der Waals surface area (Å²) in [5.74, 6) is 1.27. The zero-order valence-corrected chi connectivity index (χ0v) is 15.1. The Balaban J connectivity index is 1.61. The zero-order chi connectivity index (χ0) is 18.1. The molecule has 2 heterocycles. The lowest BCUT2D eigenvalue weighted by molar-refractivity contribution is -0.113. The van der Waals surface area contributed by atoms with Crippen LogP contribution in [0.15, 0.2) is 76.1 Å². The molecule has 1 amide bonds. The molecule has 4 nitrogen and oxygen atoms in total. The van der Waals surface area contributed by atoms with E-state index in [-0.39, 0.29) is 11.7 Å². The van der Waals surface area contributed by atoms with Crippen molar-refractivity contribution < 1.29 is 14.3 Å². The fourth-order valence-corrected chi connectivity index (χ4v) is 3.89. The molecule has 1 fully saturated rings. The first-order valence-corrected chi connectivity index (χ1v) is 9.06. The molecule has 0 atom stereocenters. The van der Waals surface area contributed by atoms with E-state index in [2.05, 4.69) is 0 Å². The highest BCUT2D eigenvalue weighted by molar-refractivity contribution is 8.27. The van der Waals surface area contributed by atoms with Crippen LogP contribution in [0, 0.1) is 0 Å². The second-order valence-corrected chi connectivity index (χ2v) is 7.28. The Morgan fingerprint density at radius 2 is 1.73 bits per heavy atom. The molecule has 0 saturated carbocycles. The van der Waals surface area contributed by atoms with E-state index in [0.29, 0.717) is 20.7 Å². The second kappa shape index (κ2) is 6.82. The maximum atomic E-state index is 12.7. The van der Waals surface area contributed by atoms with E-state index in [9.17, 15) is 9.90 Å². The van der Waals surface area contributed by atoms with Gasteiger partial charge in [-0.25, -0.2) is 0 Å². The van der Waals surface area contributed by atoms with Crippen molar-refractivity contribution in [3.05, 3.63) is 77.4 Å². The third-order valence-corrected chi connectivity index (χ3v) is 5.16. The SMILES string of the molecule is O=C1C(=Cc2ccc(-c3ccccc3)o2)SC(=S)N1c1ccc(O)cc1. The first-order valence-electron chi connectivity index (χ1n) is 7.84. The molecule has 1 aliphatic heterocycles. The Kier molecular flexibility index (Phi) is 4.36. The van der Waals surface area contributed by atoms with Crippen LogP contribution in [0.1, 0.15) is 5.76 Å². The van der Waals surface area contributed by atoms with E-state index < -0.39 is 0 Å². The topological polar surface area (TPSA) is 53.7 Å². The van der Waals surface area contributed by atoms with E-state index in [0.717, 1.165) is 11.3 Å². The maximum Gasteiger partial charge on any atom is 0.270 e. The fraction of sp³-hybridized carbons (Fsp3) is 0. The van der Waals surface area contributed by atoms with Gasteiger partial charge in [-0.05, 0) is 36.4 Å². The molecule has 2 aromatic carbocycles. The number of hydrogen-bond acceptors (Lipinski definition) is 5. The van der Waals surface area contributed by atoms with Gasteiger partial charge in [0.15, 0.2) is 4.32 Å². The van der Waals surface area contributed by atoms with Crippen LogP contribution in [0.25, 0.3) is 17.4 Å². The van der Waals surface area contributed by atoms with Crippen LogP contribution in [0.5, 0.6) is 5.75 Å². The van der Waals surface area contributed by atoms with Gasteiger partial charge in [0.25, 0.3) is 5.91 Å². The van der Waals surface area contributed by atoms with Crippen molar-refractivity contribution in [1.82, 2.24) is 0 Å². The molecular weight excluding hydrogens is 366 g/mol. The van der Waals surface area contributed by atoms with Crippen LogP contribution >= 0.6 is 24.0 Å². The number of phenolic OH excluding ortho intramolecular Hbond substituents is 1. The fourth-order valence-electron chi connectivity index (χ4n) is 2.61. The van der Waals surface area contributed by atoms with Crippen molar-refractivity contribution in [3.63, 3.8) is 0 Å². The summed E-state index contributed by atoms with van der Waals surface area (Å²) in [6, 6.07) is 19.8. The normalized spacial score (nSPS) is 15.8. The summed E-state index contributed by atoms with van der Waals surface area (Å²) in [6.45, 7) is 0. The van der Waals surface area contributed by atoms with Gasteiger partial charge < -0.3 is 9.52 Å². The predicted molar refractivity (Wildman–Crippen MR) is 108 cm³/mol. The van der Waals surface area contributed by atoms with E-state index in [1.54, 1.807) is 18.2 Å². The Labute approximate surface area is 159 Å². The van der Waals surface area contributed by atoms with Crippen LogP contribution in [0.2, 0.25) is 0 Å². The van der Waals surface area contributed by atoms with Gasteiger partial charge in [-0.1, -0.05) is 54.3 Å². The quantitative estimate of drug-likeness (QED) is 0.509. The van der Waals surface area contributed by atoms with Crippen molar-refractivity contribution in [1.29, 1.82) is 0 Å². The molecule has 1 aromatic heterocycles. The average Bonchev–Trinajstić information content (AvgIpc) is 3.22. The van der Waals surface area contributed by atoms with Crippen molar-refractivity contribution >= 4 is 46.0 Å². The van der Waals surface area contributed by atoms with Gasteiger partial charge in [0.1, 0.15) is 17.3 Å². The number of furan rings is 1. The molecule has 1 aliphatic rings. The van der Waals surface area contributed by atoms with Gasteiger partial charge in [0, 0.05) is 11.6 Å².